The molecule has 0 aliphatic rings. The summed E-state index contributed by atoms with van der Waals surface area (Å²) in [4.78, 5) is 12.8. The van der Waals surface area contributed by atoms with Crippen molar-refractivity contribution >= 4 is 17.6 Å². The van der Waals surface area contributed by atoms with E-state index in [4.69, 9.17) is 26.2 Å². The lowest BCUT2D eigenvalue weighted by Gasteiger charge is -2.23. The highest BCUT2D eigenvalue weighted by atomic mass is 35.5. The molecular weight excluding hydrogens is 513 g/mol. The molecule has 3 aromatic rings. The highest BCUT2D eigenvalue weighted by molar-refractivity contribution is 6.31. The average Bonchev–Trinajstić information content (AvgIpc) is 2.89. The van der Waals surface area contributed by atoms with Gasteiger partial charge in [-0.3, -0.25) is 0 Å². The van der Waals surface area contributed by atoms with Gasteiger partial charge in [0.15, 0.2) is 11.5 Å². The first kappa shape index (κ1) is 28.1. The van der Waals surface area contributed by atoms with Crippen molar-refractivity contribution in [2.75, 3.05) is 20.3 Å². The van der Waals surface area contributed by atoms with E-state index in [0.29, 0.717) is 33.2 Å². The van der Waals surface area contributed by atoms with Gasteiger partial charge in [-0.1, -0.05) is 48.0 Å². The van der Waals surface area contributed by atoms with Gasteiger partial charge >= 0.3 is 12.2 Å². The van der Waals surface area contributed by atoms with E-state index in [9.17, 15) is 23.1 Å². The van der Waals surface area contributed by atoms with Gasteiger partial charge in [-0.25, -0.2) is 4.79 Å². The van der Waals surface area contributed by atoms with Gasteiger partial charge in [-0.15, -0.1) is 0 Å². The standard InChI is InChI=1S/C26H26ClF3N2O5/c1-36-23-12-17(8-11-22(23)37-15-19(34)14-33)24(20-4-2-3-5-21(20)27)32-25(35)31-13-16-6-9-18(10-7-16)26(28,29)30/h2-12,19,24,33-34H,13-15H2,1H3,(H2,31,32,35). The Morgan fingerprint density at radius 2 is 1.76 bits per heavy atom. The Hall–Kier alpha value is -3.47. The molecule has 0 aliphatic heterocycles. The Morgan fingerprint density at radius 1 is 1.05 bits per heavy atom. The van der Waals surface area contributed by atoms with Gasteiger partial charge in [0.05, 0.1) is 25.3 Å². The number of urea groups is 1. The zero-order chi connectivity index (χ0) is 27.0. The minimum Gasteiger partial charge on any atom is -0.493 e. The number of aliphatic hydroxyl groups is 2. The van der Waals surface area contributed by atoms with Gasteiger partial charge < -0.3 is 30.3 Å². The maximum absolute atomic E-state index is 12.8. The molecule has 2 unspecified atom stereocenters. The molecule has 3 aromatic carbocycles. The molecule has 0 spiro atoms. The fourth-order valence-electron chi connectivity index (χ4n) is 3.45. The number of nitrogens with one attached hydrogen (secondary N) is 2. The van der Waals surface area contributed by atoms with Gasteiger partial charge in [0.2, 0.25) is 0 Å². The summed E-state index contributed by atoms with van der Waals surface area (Å²) in [5, 5.41) is 24.4. The van der Waals surface area contributed by atoms with Crippen LogP contribution < -0.4 is 20.1 Å². The monoisotopic (exact) mass is 538 g/mol. The second-order valence-electron chi connectivity index (χ2n) is 8.03. The minimum atomic E-state index is -4.44. The van der Waals surface area contributed by atoms with E-state index in [2.05, 4.69) is 10.6 Å². The number of halogens is 4. The lowest BCUT2D eigenvalue weighted by molar-refractivity contribution is -0.137. The fraction of sp³-hybridized carbons (Fsp3) is 0.269. The molecule has 0 radical (unpaired) electrons. The van der Waals surface area contributed by atoms with Crippen molar-refractivity contribution in [3.8, 4) is 11.5 Å². The topological polar surface area (TPSA) is 100 Å². The molecule has 0 heterocycles. The number of aliphatic hydroxyl groups excluding tert-OH is 2. The van der Waals surface area contributed by atoms with Crippen LogP contribution in [0.3, 0.4) is 0 Å². The fourth-order valence-corrected chi connectivity index (χ4v) is 3.69. The SMILES string of the molecule is COc1cc(C(NC(=O)NCc2ccc(C(F)(F)F)cc2)c2ccccc2Cl)ccc1OCC(O)CO. The summed E-state index contributed by atoms with van der Waals surface area (Å²) in [5.74, 6) is 0.648. The van der Waals surface area contributed by atoms with E-state index in [1.54, 1.807) is 42.5 Å². The van der Waals surface area contributed by atoms with Crippen LogP contribution in [-0.2, 0) is 12.7 Å². The van der Waals surface area contributed by atoms with Gasteiger partial charge in [0.1, 0.15) is 12.7 Å². The van der Waals surface area contributed by atoms with E-state index in [-0.39, 0.29) is 13.2 Å². The van der Waals surface area contributed by atoms with E-state index in [1.807, 2.05) is 0 Å². The third-order valence-corrected chi connectivity index (χ3v) is 5.73. The summed E-state index contributed by atoms with van der Waals surface area (Å²) in [6.07, 6.45) is -5.50. The van der Waals surface area contributed by atoms with Crippen LogP contribution in [0.1, 0.15) is 28.3 Å². The lowest BCUT2D eigenvalue weighted by atomic mass is 9.98. The highest BCUT2D eigenvalue weighted by Crippen LogP contribution is 2.35. The molecule has 0 bridgehead atoms. The molecule has 3 rings (SSSR count). The van der Waals surface area contributed by atoms with Crippen LogP contribution in [0.4, 0.5) is 18.0 Å². The first-order valence-electron chi connectivity index (χ1n) is 11.2. The second-order valence-corrected chi connectivity index (χ2v) is 8.44. The van der Waals surface area contributed by atoms with Crippen LogP contribution in [0.25, 0.3) is 0 Å². The number of methoxy groups -OCH3 is 1. The predicted molar refractivity (Wildman–Crippen MR) is 132 cm³/mol. The quantitative estimate of drug-likeness (QED) is 0.300. The van der Waals surface area contributed by atoms with Crippen LogP contribution in [0.2, 0.25) is 5.02 Å². The summed E-state index contributed by atoms with van der Waals surface area (Å²) in [7, 11) is 1.43. The van der Waals surface area contributed by atoms with Crippen LogP contribution in [0.5, 0.6) is 11.5 Å². The van der Waals surface area contributed by atoms with Crippen molar-refractivity contribution in [2.24, 2.45) is 0 Å². The molecule has 37 heavy (non-hydrogen) atoms. The smallest absolute Gasteiger partial charge is 0.416 e. The van der Waals surface area contributed by atoms with Crippen molar-refractivity contribution in [3.63, 3.8) is 0 Å². The summed E-state index contributed by atoms with van der Waals surface area (Å²) < 4.78 is 49.2. The Balaban J connectivity index is 1.79. The number of hydrogen-bond donors (Lipinski definition) is 4. The Labute approximate surface area is 216 Å². The number of benzene rings is 3. The first-order chi connectivity index (χ1) is 17.6. The van der Waals surface area contributed by atoms with Crippen LogP contribution in [-0.4, -0.2) is 42.7 Å². The normalized spacial score (nSPS) is 12.9. The van der Waals surface area contributed by atoms with Crippen LogP contribution >= 0.6 is 11.6 Å². The zero-order valence-corrected chi connectivity index (χ0v) is 20.5. The van der Waals surface area contributed by atoms with Gasteiger partial charge in [-0.05, 0) is 47.0 Å². The summed E-state index contributed by atoms with van der Waals surface area (Å²) in [5.41, 5.74) is 0.919. The van der Waals surface area contributed by atoms with Crippen molar-refractivity contribution in [3.05, 3.63) is 94.0 Å². The van der Waals surface area contributed by atoms with Gasteiger partial charge in [-0.2, -0.15) is 13.2 Å². The molecular formula is C26H26ClF3N2O5. The number of ether oxygens (including phenoxy) is 2. The summed E-state index contributed by atoms with van der Waals surface area (Å²) in [6.45, 7) is -0.603. The molecule has 0 saturated heterocycles. The van der Waals surface area contributed by atoms with Gasteiger partial charge in [0, 0.05) is 11.6 Å². The van der Waals surface area contributed by atoms with Crippen molar-refractivity contribution in [1.29, 1.82) is 0 Å². The third-order valence-electron chi connectivity index (χ3n) is 5.39. The number of amides is 2. The Bertz CT molecular complexity index is 1190. The number of hydrogen-bond acceptors (Lipinski definition) is 5. The highest BCUT2D eigenvalue weighted by Gasteiger charge is 2.30. The lowest BCUT2D eigenvalue weighted by Crippen LogP contribution is -2.38. The van der Waals surface area contributed by atoms with E-state index >= 15 is 0 Å². The molecule has 198 valence electrons. The van der Waals surface area contributed by atoms with Gasteiger partial charge in [0.25, 0.3) is 0 Å². The number of carbonyl (C=O) groups is 1. The van der Waals surface area contributed by atoms with Crippen molar-refractivity contribution in [2.45, 2.75) is 24.9 Å². The zero-order valence-electron chi connectivity index (χ0n) is 19.8. The minimum absolute atomic E-state index is 0.00248. The third kappa shape index (κ3) is 7.75. The average molecular weight is 539 g/mol. The summed E-state index contributed by atoms with van der Waals surface area (Å²) in [6, 6.07) is 15.1. The van der Waals surface area contributed by atoms with E-state index < -0.39 is 36.5 Å². The number of carbonyl (C=O) groups excluding carboxylic acids is 1. The maximum Gasteiger partial charge on any atom is 0.416 e. The van der Waals surface area contributed by atoms with Crippen molar-refractivity contribution in [1.82, 2.24) is 10.6 Å². The molecule has 2 atom stereocenters. The van der Waals surface area contributed by atoms with Crippen molar-refractivity contribution < 1.29 is 37.7 Å². The molecule has 0 fully saturated rings. The molecule has 0 aromatic heterocycles. The number of rotatable bonds is 10. The maximum atomic E-state index is 12.8. The van der Waals surface area contributed by atoms with E-state index in [0.717, 1.165) is 12.1 Å². The van der Waals surface area contributed by atoms with E-state index in [1.165, 1.54) is 19.2 Å². The van der Waals surface area contributed by atoms with Crippen LogP contribution in [0, 0.1) is 0 Å². The molecule has 2 amide bonds. The first-order valence-corrected chi connectivity index (χ1v) is 11.5. The second kappa shape index (κ2) is 12.7. The van der Waals surface area contributed by atoms with Crippen LogP contribution in [0.15, 0.2) is 66.7 Å². The molecule has 11 heteroatoms. The Kier molecular flexibility index (Phi) is 9.62. The predicted octanol–water partition coefficient (Wildman–Crippen LogP) is 4.69. The largest absolute Gasteiger partial charge is 0.493 e. The molecule has 0 aliphatic carbocycles. The Morgan fingerprint density at radius 3 is 2.38 bits per heavy atom. The molecule has 7 nitrogen and oxygen atoms in total. The molecule has 4 N–H and O–H groups in total. The molecule has 0 saturated carbocycles. The number of alkyl halides is 3. The summed E-state index contributed by atoms with van der Waals surface area (Å²) >= 11 is 6.41.